The average Bonchev–Trinajstić information content (AvgIpc) is 3.43. The molecule has 2 amide bonds. The molecule has 1 atom stereocenters. The van der Waals surface area contributed by atoms with Crippen LogP contribution in [0.3, 0.4) is 0 Å². The van der Waals surface area contributed by atoms with Gasteiger partial charge >= 0.3 is 0 Å². The number of nitrogens with zero attached hydrogens (tertiary/aromatic N) is 3. The zero-order valence-corrected chi connectivity index (χ0v) is 23.8. The molecule has 0 radical (unpaired) electrons. The van der Waals surface area contributed by atoms with E-state index in [1.165, 1.54) is 23.3 Å². The number of rotatable bonds is 10. The van der Waals surface area contributed by atoms with Crippen LogP contribution in [0, 0.1) is 0 Å². The van der Waals surface area contributed by atoms with Gasteiger partial charge in [0.15, 0.2) is 0 Å². The lowest BCUT2D eigenvalue weighted by molar-refractivity contribution is -0.114. The number of piperazine rings is 1. The Hall–Kier alpha value is -3.88. The molecule has 2 aliphatic heterocycles. The lowest BCUT2D eigenvalue weighted by atomic mass is 10.1. The fourth-order valence-corrected chi connectivity index (χ4v) is 6.98. The van der Waals surface area contributed by atoms with E-state index in [9.17, 15) is 9.59 Å². The van der Waals surface area contributed by atoms with Crippen LogP contribution in [0.4, 0.5) is 11.4 Å². The third kappa shape index (κ3) is 6.81. The first-order valence-electron chi connectivity index (χ1n) is 13.9. The minimum Gasteiger partial charge on any atom is -0.355 e. The fourth-order valence-electron chi connectivity index (χ4n) is 5.08. The van der Waals surface area contributed by atoms with Crippen LogP contribution in [0.15, 0.2) is 102 Å². The van der Waals surface area contributed by atoms with E-state index in [-0.39, 0.29) is 22.5 Å². The lowest BCUT2D eigenvalue weighted by Crippen LogP contribution is -2.48. The van der Waals surface area contributed by atoms with Crippen molar-refractivity contribution in [1.82, 2.24) is 15.1 Å². The van der Waals surface area contributed by atoms with Crippen molar-refractivity contribution in [2.45, 2.75) is 24.7 Å². The number of anilines is 2. The van der Waals surface area contributed by atoms with E-state index in [2.05, 4.69) is 96.8 Å². The summed E-state index contributed by atoms with van der Waals surface area (Å²) < 4.78 is 2.48. The van der Waals surface area contributed by atoms with E-state index in [0.717, 1.165) is 45.6 Å². The van der Waals surface area contributed by atoms with Gasteiger partial charge in [-0.25, -0.2) is 0 Å². The molecule has 2 N–H and O–H groups in total. The topological polar surface area (TPSA) is 67.9 Å². The first-order valence-corrected chi connectivity index (χ1v) is 15.2. The average molecular weight is 556 g/mol. The predicted octanol–water partition coefficient (Wildman–Crippen LogP) is 5.18. The van der Waals surface area contributed by atoms with Crippen LogP contribution in [0.5, 0.6) is 0 Å². The zero-order valence-electron chi connectivity index (χ0n) is 23.0. The number of amides is 2. The van der Waals surface area contributed by atoms with Gasteiger partial charge in [-0.2, -0.15) is 0 Å². The molecule has 3 aromatic rings. The third-order valence-electron chi connectivity index (χ3n) is 7.09. The SMILES string of the molecule is CC(=O)Nc1ccccc1C(=O)NCCCCN1CCN(C2=CC=S(c3ccccc3)N2c2ccccc2)CC1. The summed E-state index contributed by atoms with van der Waals surface area (Å²) in [4.78, 5) is 30.4. The van der Waals surface area contributed by atoms with Crippen molar-refractivity contribution >= 4 is 39.2 Å². The number of para-hydroxylation sites is 2. The van der Waals surface area contributed by atoms with E-state index in [4.69, 9.17) is 0 Å². The van der Waals surface area contributed by atoms with Crippen molar-refractivity contribution in [3.63, 3.8) is 0 Å². The van der Waals surface area contributed by atoms with E-state index in [1.54, 1.807) is 18.2 Å². The maximum Gasteiger partial charge on any atom is 0.253 e. The molecule has 1 saturated heterocycles. The minimum atomic E-state index is -0.188. The standard InChI is InChI=1S/C32H37N5O2S/c1-26(38)34-30-17-9-8-16-29(30)32(39)33-19-10-11-20-35-21-23-36(24-22-35)31-18-25-40(28-14-6-3-7-15-28)37(31)27-12-4-2-5-13-27/h2-9,12-18,25H,10-11,19-24H2,1H3,(H,33,39)(H,34,38). The number of carbonyl (C=O) groups excluding carboxylic acids is 2. The molecule has 0 aromatic heterocycles. The van der Waals surface area contributed by atoms with Crippen molar-refractivity contribution in [1.29, 1.82) is 0 Å². The number of nitrogens with one attached hydrogen (secondary N) is 2. The molecule has 0 saturated carbocycles. The third-order valence-corrected chi connectivity index (χ3v) is 9.03. The lowest BCUT2D eigenvalue weighted by Gasteiger charge is -2.40. The monoisotopic (exact) mass is 555 g/mol. The van der Waals surface area contributed by atoms with Crippen LogP contribution >= 0.6 is 10.7 Å². The Kier molecular flexibility index (Phi) is 9.31. The molecule has 7 nitrogen and oxygen atoms in total. The Morgan fingerprint density at radius 3 is 2.23 bits per heavy atom. The molecule has 3 aromatic carbocycles. The summed E-state index contributed by atoms with van der Waals surface area (Å²) in [5, 5.41) is 8.07. The molecule has 8 heteroatoms. The normalized spacial score (nSPS) is 17.2. The van der Waals surface area contributed by atoms with Crippen LogP contribution < -0.4 is 14.9 Å². The molecular weight excluding hydrogens is 518 g/mol. The Morgan fingerprint density at radius 1 is 0.825 bits per heavy atom. The second kappa shape index (κ2) is 13.5. The van der Waals surface area contributed by atoms with Crippen LogP contribution in [0.2, 0.25) is 0 Å². The van der Waals surface area contributed by atoms with Gasteiger partial charge in [0.2, 0.25) is 5.91 Å². The highest BCUT2D eigenvalue weighted by Crippen LogP contribution is 2.42. The second-order valence-electron chi connectivity index (χ2n) is 9.94. The van der Waals surface area contributed by atoms with Crippen LogP contribution in [0.1, 0.15) is 30.1 Å². The van der Waals surface area contributed by atoms with E-state index in [1.807, 2.05) is 6.07 Å². The zero-order chi connectivity index (χ0) is 27.7. The summed E-state index contributed by atoms with van der Waals surface area (Å²) in [6.45, 7) is 7.11. The van der Waals surface area contributed by atoms with Crippen LogP contribution in [0.25, 0.3) is 0 Å². The molecule has 0 spiro atoms. The summed E-state index contributed by atoms with van der Waals surface area (Å²) in [7, 11) is -0.144. The maximum absolute atomic E-state index is 12.6. The number of allylic oxidation sites excluding steroid dienone is 1. The summed E-state index contributed by atoms with van der Waals surface area (Å²) in [5.41, 5.74) is 2.26. The van der Waals surface area contributed by atoms with E-state index < -0.39 is 0 Å². The molecule has 0 bridgehead atoms. The summed E-state index contributed by atoms with van der Waals surface area (Å²) in [5.74, 6) is 0.935. The first kappa shape index (κ1) is 27.7. The molecule has 40 heavy (non-hydrogen) atoms. The molecule has 208 valence electrons. The summed E-state index contributed by atoms with van der Waals surface area (Å²) in [6.07, 6.45) is 4.24. The molecule has 2 aliphatic rings. The van der Waals surface area contributed by atoms with Gasteiger partial charge in [0.1, 0.15) is 5.82 Å². The van der Waals surface area contributed by atoms with Gasteiger partial charge in [-0.15, -0.1) is 0 Å². The molecular formula is C32H37N5O2S. The number of unbranched alkanes of at least 4 members (excludes halogenated alkanes) is 1. The van der Waals surface area contributed by atoms with Gasteiger partial charge in [0.25, 0.3) is 5.91 Å². The molecule has 1 fully saturated rings. The molecule has 0 aliphatic carbocycles. The minimum absolute atomic E-state index is 0.144. The van der Waals surface area contributed by atoms with Crippen molar-refractivity contribution in [3.8, 4) is 0 Å². The number of carbonyl (C=O) groups is 2. The van der Waals surface area contributed by atoms with Crippen molar-refractivity contribution in [3.05, 3.63) is 102 Å². The van der Waals surface area contributed by atoms with Gasteiger partial charge in [0.05, 0.1) is 16.9 Å². The molecule has 2 heterocycles. The van der Waals surface area contributed by atoms with Gasteiger partial charge in [0, 0.05) is 44.5 Å². The predicted molar refractivity (Wildman–Crippen MR) is 166 cm³/mol. The van der Waals surface area contributed by atoms with Crippen LogP contribution in [-0.4, -0.2) is 66.3 Å². The van der Waals surface area contributed by atoms with Crippen molar-refractivity contribution in [2.75, 3.05) is 48.9 Å². The Balaban J connectivity index is 1.09. The Bertz CT molecular complexity index is 1370. The Morgan fingerprint density at radius 2 is 1.50 bits per heavy atom. The van der Waals surface area contributed by atoms with Gasteiger partial charge in [-0.05, 0) is 67.2 Å². The van der Waals surface area contributed by atoms with E-state index in [0.29, 0.717) is 17.8 Å². The highest BCUT2D eigenvalue weighted by molar-refractivity contribution is 8.16. The Labute approximate surface area is 239 Å². The van der Waals surface area contributed by atoms with E-state index >= 15 is 0 Å². The fraction of sp³-hybridized carbons (Fsp3) is 0.281. The highest BCUT2D eigenvalue weighted by atomic mass is 32.2. The second-order valence-corrected chi connectivity index (χ2v) is 11.7. The molecule has 1 unspecified atom stereocenters. The number of hydrogen-bond donors (Lipinski definition) is 2. The smallest absolute Gasteiger partial charge is 0.253 e. The highest BCUT2D eigenvalue weighted by Gasteiger charge is 2.28. The van der Waals surface area contributed by atoms with Crippen molar-refractivity contribution in [2.24, 2.45) is 0 Å². The van der Waals surface area contributed by atoms with Crippen molar-refractivity contribution < 1.29 is 9.59 Å². The summed E-state index contributed by atoms with van der Waals surface area (Å²) in [6, 6.07) is 28.5. The number of benzene rings is 3. The van der Waals surface area contributed by atoms with Gasteiger partial charge in [-0.1, -0.05) is 59.2 Å². The molecule has 5 rings (SSSR count). The summed E-state index contributed by atoms with van der Waals surface area (Å²) >= 11 is 0. The van der Waals surface area contributed by atoms with Crippen LogP contribution in [-0.2, 0) is 4.79 Å². The number of hydrogen-bond acceptors (Lipinski definition) is 5. The first-order chi connectivity index (χ1) is 19.6. The largest absolute Gasteiger partial charge is 0.355 e. The quantitative estimate of drug-likeness (QED) is 0.267. The maximum atomic E-state index is 12.6. The van der Waals surface area contributed by atoms with Gasteiger partial charge in [-0.3, -0.25) is 18.8 Å². The van der Waals surface area contributed by atoms with Gasteiger partial charge < -0.3 is 15.5 Å².